The van der Waals surface area contributed by atoms with Crippen LogP contribution in [0.4, 0.5) is 0 Å². The van der Waals surface area contributed by atoms with E-state index in [0.29, 0.717) is 12.1 Å². The molecule has 30 heavy (non-hydrogen) atoms. The fraction of sp³-hybridized carbons (Fsp3) is 0.571. The van der Waals surface area contributed by atoms with Crippen molar-refractivity contribution in [3.8, 4) is 11.1 Å². The summed E-state index contributed by atoms with van der Waals surface area (Å²) < 4.78 is 0. The van der Waals surface area contributed by atoms with Crippen LogP contribution in [0, 0.1) is 10.8 Å². The summed E-state index contributed by atoms with van der Waals surface area (Å²) in [7, 11) is 0. The fourth-order valence-electron chi connectivity index (χ4n) is 5.11. The van der Waals surface area contributed by atoms with Crippen LogP contribution in [0.3, 0.4) is 0 Å². The smallest absolute Gasteiger partial charge is 0.0246 e. The molecule has 0 fully saturated rings. The molecule has 0 radical (unpaired) electrons. The van der Waals surface area contributed by atoms with Gasteiger partial charge in [0.2, 0.25) is 0 Å². The maximum Gasteiger partial charge on any atom is 0.0246 e. The largest absolute Gasteiger partial charge is 0.292 e. The van der Waals surface area contributed by atoms with Gasteiger partial charge in [0, 0.05) is 38.3 Å². The predicted octanol–water partition coefficient (Wildman–Crippen LogP) is 6.85. The molecule has 0 saturated carbocycles. The lowest BCUT2D eigenvalue weighted by atomic mass is 9.86. The summed E-state index contributed by atoms with van der Waals surface area (Å²) >= 11 is 0. The summed E-state index contributed by atoms with van der Waals surface area (Å²) in [6.45, 7) is 23.1. The molecular weight excluding hydrogens is 364 g/mol. The minimum absolute atomic E-state index is 0.260. The summed E-state index contributed by atoms with van der Waals surface area (Å²) in [6, 6.07) is 15.1. The van der Waals surface area contributed by atoms with Crippen LogP contribution in [-0.4, -0.2) is 21.9 Å². The van der Waals surface area contributed by atoms with Crippen LogP contribution in [0.25, 0.3) is 11.1 Å². The Bertz CT molecular complexity index is 803. The first-order valence-electron chi connectivity index (χ1n) is 11.7. The van der Waals surface area contributed by atoms with E-state index in [0.717, 1.165) is 26.2 Å². The van der Waals surface area contributed by atoms with E-state index in [4.69, 9.17) is 0 Å². The maximum absolute atomic E-state index is 2.69. The van der Waals surface area contributed by atoms with Crippen LogP contribution in [-0.2, 0) is 26.2 Å². The van der Waals surface area contributed by atoms with E-state index in [1.165, 1.54) is 33.4 Å². The molecule has 0 N–H and O–H groups in total. The molecule has 2 aliphatic rings. The zero-order chi connectivity index (χ0) is 21.8. The van der Waals surface area contributed by atoms with Gasteiger partial charge >= 0.3 is 0 Å². The van der Waals surface area contributed by atoms with Gasteiger partial charge < -0.3 is 0 Å². The molecule has 2 atom stereocenters. The van der Waals surface area contributed by atoms with E-state index in [2.05, 4.69) is 102 Å². The van der Waals surface area contributed by atoms with E-state index in [1.54, 1.807) is 0 Å². The molecule has 0 saturated heterocycles. The summed E-state index contributed by atoms with van der Waals surface area (Å²) in [5.41, 5.74) is 9.57. The number of nitrogens with zero attached hydrogens (tertiary/aromatic N) is 2. The molecule has 0 aliphatic carbocycles. The Labute approximate surface area is 184 Å². The SMILES string of the molecule is CC(N1Cc2cccc3c2-c2c(cccc2CN(C(C)C(C)(C)C)C3)C1)C(C)(C)C. The Morgan fingerprint density at radius 2 is 0.833 bits per heavy atom. The number of benzene rings is 2. The van der Waals surface area contributed by atoms with Crippen LogP contribution in [0.5, 0.6) is 0 Å². The Morgan fingerprint density at radius 1 is 0.567 bits per heavy atom. The normalized spacial score (nSPS) is 19.6. The summed E-state index contributed by atoms with van der Waals surface area (Å²) in [5, 5.41) is 0. The minimum atomic E-state index is 0.260. The highest BCUT2D eigenvalue weighted by atomic mass is 15.2. The first-order chi connectivity index (χ1) is 14.0. The third-order valence-corrected chi connectivity index (χ3v) is 7.82. The second-order valence-electron chi connectivity index (χ2n) is 11.8. The molecule has 2 aromatic carbocycles. The van der Waals surface area contributed by atoms with Crippen molar-refractivity contribution >= 4 is 0 Å². The van der Waals surface area contributed by atoms with Crippen molar-refractivity contribution in [2.75, 3.05) is 0 Å². The van der Waals surface area contributed by atoms with Crippen LogP contribution in [0.2, 0.25) is 0 Å². The van der Waals surface area contributed by atoms with Crippen molar-refractivity contribution in [2.45, 2.75) is 93.7 Å². The van der Waals surface area contributed by atoms with Crippen LogP contribution < -0.4 is 0 Å². The average molecular weight is 405 g/mol. The van der Waals surface area contributed by atoms with E-state index in [-0.39, 0.29) is 10.8 Å². The second-order valence-corrected chi connectivity index (χ2v) is 11.8. The van der Waals surface area contributed by atoms with Crippen molar-refractivity contribution in [3.05, 3.63) is 58.7 Å². The van der Waals surface area contributed by atoms with E-state index in [9.17, 15) is 0 Å². The Hall–Kier alpha value is -1.64. The minimum Gasteiger partial charge on any atom is -0.292 e. The Balaban J connectivity index is 1.86. The van der Waals surface area contributed by atoms with Gasteiger partial charge in [-0.1, -0.05) is 77.9 Å². The van der Waals surface area contributed by atoms with Gasteiger partial charge in [-0.15, -0.1) is 0 Å². The first-order valence-corrected chi connectivity index (χ1v) is 11.7. The molecule has 2 heteroatoms. The molecule has 0 amide bonds. The van der Waals surface area contributed by atoms with Crippen molar-refractivity contribution in [3.63, 3.8) is 0 Å². The lowest BCUT2D eigenvalue weighted by Gasteiger charge is -2.38. The maximum atomic E-state index is 2.69. The molecule has 2 unspecified atom stereocenters. The van der Waals surface area contributed by atoms with Crippen molar-refractivity contribution < 1.29 is 0 Å². The number of rotatable bonds is 2. The molecule has 2 nitrogen and oxygen atoms in total. The van der Waals surface area contributed by atoms with Gasteiger partial charge in [-0.3, -0.25) is 9.80 Å². The second kappa shape index (κ2) is 7.50. The molecule has 0 bridgehead atoms. The molecule has 2 aromatic rings. The third-order valence-electron chi connectivity index (χ3n) is 7.82. The molecule has 4 rings (SSSR count). The van der Waals surface area contributed by atoms with Gasteiger partial charge in [-0.25, -0.2) is 0 Å². The predicted molar refractivity (Wildman–Crippen MR) is 128 cm³/mol. The molecule has 0 spiro atoms. The zero-order valence-corrected chi connectivity index (χ0v) is 20.3. The Kier molecular flexibility index (Phi) is 5.39. The highest BCUT2D eigenvalue weighted by Gasteiger charge is 2.34. The lowest BCUT2D eigenvalue weighted by molar-refractivity contribution is 0.0968. The number of hydrogen-bond acceptors (Lipinski definition) is 2. The highest BCUT2D eigenvalue weighted by Crippen LogP contribution is 2.43. The first kappa shape index (κ1) is 21.6. The van der Waals surface area contributed by atoms with E-state index in [1.807, 2.05) is 0 Å². The summed E-state index contributed by atoms with van der Waals surface area (Å²) in [5.74, 6) is 0. The van der Waals surface area contributed by atoms with Crippen LogP contribution >= 0.6 is 0 Å². The summed E-state index contributed by atoms with van der Waals surface area (Å²) in [4.78, 5) is 5.38. The molecule has 2 heterocycles. The van der Waals surface area contributed by atoms with Crippen LogP contribution in [0.15, 0.2) is 36.4 Å². The van der Waals surface area contributed by atoms with Crippen molar-refractivity contribution in [1.82, 2.24) is 9.80 Å². The van der Waals surface area contributed by atoms with Crippen molar-refractivity contribution in [1.29, 1.82) is 0 Å². The third kappa shape index (κ3) is 3.85. The fourth-order valence-corrected chi connectivity index (χ4v) is 5.11. The topological polar surface area (TPSA) is 6.48 Å². The zero-order valence-electron chi connectivity index (χ0n) is 20.3. The van der Waals surface area contributed by atoms with E-state index < -0.39 is 0 Å². The van der Waals surface area contributed by atoms with Gasteiger partial charge in [0.05, 0.1) is 0 Å². The number of hydrogen-bond donors (Lipinski definition) is 0. The monoisotopic (exact) mass is 404 g/mol. The molecule has 0 aromatic heterocycles. The summed E-state index contributed by atoms with van der Waals surface area (Å²) in [6.07, 6.45) is 0. The van der Waals surface area contributed by atoms with Gasteiger partial charge in [0.25, 0.3) is 0 Å². The van der Waals surface area contributed by atoms with Crippen LogP contribution in [0.1, 0.15) is 77.6 Å². The lowest BCUT2D eigenvalue weighted by Crippen LogP contribution is -2.41. The Morgan fingerprint density at radius 3 is 1.07 bits per heavy atom. The molecule has 2 aliphatic heterocycles. The van der Waals surface area contributed by atoms with Crippen molar-refractivity contribution in [2.24, 2.45) is 10.8 Å². The molecule has 162 valence electrons. The quantitative estimate of drug-likeness (QED) is 0.540. The highest BCUT2D eigenvalue weighted by molar-refractivity contribution is 5.78. The van der Waals surface area contributed by atoms with Gasteiger partial charge in [0.1, 0.15) is 0 Å². The van der Waals surface area contributed by atoms with Gasteiger partial charge in [-0.2, -0.15) is 0 Å². The van der Waals surface area contributed by atoms with Gasteiger partial charge in [0.15, 0.2) is 0 Å². The van der Waals surface area contributed by atoms with Gasteiger partial charge in [-0.05, 0) is 58.1 Å². The standard InChI is InChI=1S/C28H40N2/c1-19(27(3,4)5)29-15-21-11-9-13-23-17-30(20(2)28(6,7)8)18-24-14-10-12-22(16-29)26(24)25(21)23/h9-14,19-20H,15-18H2,1-8H3. The molecular formula is C28H40N2. The average Bonchev–Trinajstić information content (AvgIpc) is 2.93. The van der Waals surface area contributed by atoms with E-state index >= 15 is 0 Å².